The molecule has 0 aromatic heterocycles. The molecule has 7 aliphatic rings. The molecule has 0 radical (unpaired) electrons. The van der Waals surface area contributed by atoms with Crippen molar-refractivity contribution < 1.29 is 24.1 Å². The minimum atomic E-state index is -0.395. The summed E-state index contributed by atoms with van der Waals surface area (Å²) in [5, 5.41) is 15.7. The molecule has 2 N–H and O–H groups in total. The molecule has 13 atom stereocenters. The summed E-state index contributed by atoms with van der Waals surface area (Å²) < 4.78 is 19.7. The molecule has 2 aliphatic heterocycles. The van der Waals surface area contributed by atoms with E-state index in [1.807, 2.05) is 25.8 Å². The number of aliphatic hydroxyl groups excluding tert-OH is 1. The van der Waals surface area contributed by atoms with Crippen molar-refractivity contribution in [2.24, 2.45) is 56.7 Å². The first-order chi connectivity index (χ1) is 20.3. The lowest BCUT2D eigenvalue weighted by Crippen LogP contribution is -2.60. The van der Waals surface area contributed by atoms with Crippen LogP contribution in [0.5, 0.6) is 0 Å². The molecule has 0 bridgehead atoms. The van der Waals surface area contributed by atoms with Gasteiger partial charge in [-0.15, -0.1) is 0 Å². The lowest BCUT2D eigenvalue weighted by Gasteiger charge is -2.64. The Hall–Kier alpha value is -0.730. The zero-order valence-corrected chi connectivity index (χ0v) is 28.3. The van der Waals surface area contributed by atoms with Crippen LogP contribution in [0, 0.1) is 56.7 Å². The Morgan fingerprint density at radius 3 is 2.51 bits per heavy atom. The van der Waals surface area contributed by atoms with Crippen LogP contribution >= 0.6 is 0 Å². The number of morpholine rings is 1. The van der Waals surface area contributed by atoms with E-state index in [4.69, 9.17) is 14.2 Å². The van der Waals surface area contributed by atoms with Gasteiger partial charge in [-0.2, -0.15) is 0 Å². The van der Waals surface area contributed by atoms with Crippen LogP contribution in [-0.4, -0.2) is 79.9 Å². The molecule has 0 aromatic rings. The number of carbonyl (C=O) groups is 1. The van der Waals surface area contributed by atoms with Gasteiger partial charge in [0, 0.05) is 24.4 Å². The molecule has 5 aliphatic carbocycles. The van der Waals surface area contributed by atoms with Crippen LogP contribution in [-0.2, 0) is 19.0 Å². The van der Waals surface area contributed by atoms with Gasteiger partial charge in [-0.3, -0.25) is 4.79 Å². The van der Waals surface area contributed by atoms with E-state index >= 15 is 0 Å². The molecule has 7 rings (SSSR count). The highest BCUT2D eigenvalue weighted by molar-refractivity contribution is 5.78. The van der Waals surface area contributed by atoms with Crippen molar-refractivity contribution in [2.45, 2.75) is 131 Å². The lowest BCUT2D eigenvalue weighted by molar-refractivity contribution is -0.248. The smallest absolute Gasteiger partial charge is 0.225 e. The minimum Gasteiger partial charge on any atom is -0.390 e. The van der Waals surface area contributed by atoms with Crippen LogP contribution in [0.25, 0.3) is 0 Å². The second-order valence-electron chi connectivity index (χ2n) is 17.6. The van der Waals surface area contributed by atoms with E-state index in [-0.39, 0.29) is 52.7 Å². The van der Waals surface area contributed by atoms with Crippen LogP contribution in [0.3, 0.4) is 0 Å². The summed E-state index contributed by atoms with van der Waals surface area (Å²) in [7, 11) is 2.01. The molecule has 7 heteroatoms. The third-order valence-corrected chi connectivity index (χ3v) is 15.4. The predicted molar refractivity (Wildman–Crippen MR) is 166 cm³/mol. The predicted octanol–water partition coefficient (Wildman–Crippen LogP) is 5.25. The van der Waals surface area contributed by atoms with Crippen molar-refractivity contribution >= 4 is 5.91 Å². The number of hydrogen-bond acceptors (Lipinski definition) is 6. The summed E-state index contributed by atoms with van der Waals surface area (Å²) in [6.45, 7) is 18.9. The molecule has 43 heavy (non-hydrogen) atoms. The van der Waals surface area contributed by atoms with Gasteiger partial charge in [-0.25, -0.2) is 0 Å². The number of likely N-dealkylation sites (N-methyl/N-ethyl adjacent to an activating group) is 1. The third-order valence-electron chi connectivity index (χ3n) is 15.4. The van der Waals surface area contributed by atoms with Gasteiger partial charge in [0.05, 0.1) is 37.6 Å². The lowest BCUT2D eigenvalue weighted by atomic mass is 9.41. The van der Waals surface area contributed by atoms with E-state index in [1.165, 1.54) is 38.5 Å². The average Bonchev–Trinajstić information content (AvgIpc) is 3.59. The Balaban J connectivity index is 1.11. The van der Waals surface area contributed by atoms with Gasteiger partial charge >= 0.3 is 0 Å². The quantitative estimate of drug-likeness (QED) is 0.449. The summed E-state index contributed by atoms with van der Waals surface area (Å²) in [5.74, 6) is 2.37. The van der Waals surface area contributed by atoms with Gasteiger partial charge in [0.25, 0.3) is 0 Å². The van der Waals surface area contributed by atoms with Gasteiger partial charge in [-0.1, -0.05) is 48.5 Å². The van der Waals surface area contributed by atoms with E-state index in [9.17, 15) is 9.90 Å². The Bertz CT molecular complexity index is 1110. The standard InChI is InChI=1S/C36H60N2O5/c1-21(2)31(40)38-15-16-41-27(19-38)43-26-11-12-35-20-36(35)14-13-33(6)28-22(3)17-23(18-37-8)42-29(28)30(39)34(33,7)25(36)10-9-24(35)32(26,4)5/h21-30,37,39H,9-20H2,1-8H3/t22-,23-,24+,25+,26+,27+,28-,29+,30+,33-,34-,35-,36+/m1/s1. The van der Waals surface area contributed by atoms with Crippen LogP contribution in [0.4, 0.5) is 0 Å². The fourth-order valence-corrected chi connectivity index (χ4v) is 13.4. The maximum atomic E-state index is 12.7. The molecular weight excluding hydrogens is 540 g/mol. The molecule has 7 fully saturated rings. The van der Waals surface area contributed by atoms with E-state index in [0.717, 1.165) is 19.4 Å². The Kier molecular flexibility index (Phi) is 7.28. The first kappa shape index (κ1) is 30.9. The van der Waals surface area contributed by atoms with Gasteiger partial charge in [0.15, 0.2) is 6.29 Å². The molecule has 0 aromatic carbocycles. The minimum absolute atomic E-state index is 0.00272. The number of carbonyl (C=O) groups excluding carboxylic acids is 1. The maximum Gasteiger partial charge on any atom is 0.225 e. The zero-order chi connectivity index (χ0) is 30.7. The molecule has 1 amide bonds. The van der Waals surface area contributed by atoms with Gasteiger partial charge < -0.3 is 29.5 Å². The fraction of sp³-hybridized carbons (Fsp3) is 0.972. The van der Waals surface area contributed by atoms with Crippen molar-refractivity contribution in [2.75, 3.05) is 33.3 Å². The third kappa shape index (κ3) is 3.99. The fourth-order valence-electron chi connectivity index (χ4n) is 13.4. The molecule has 244 valence electrons. The van der Waals surface area contributed by atoms with E-state index in [0.29, 0.717) is 54.2 Å². The number of aliphatic hydroxyl groups is 1. The SMILES string of the molecule is CNC[C@H]1C[C@@H](C)[C@@H]2[C@H](O1)[C@H](O)[C@@]1(C)[C@@H]3CC[C@H]4C(C)(C)[C@@H](O[C@H]5CN(C(=O)C(C)C)CCO5)CC[C@@]45C[C@@]35CC[C@]21C. The number of hydrogen-bond donors (Lipinski definition) is 2. The van der Waals surface area contributed by atoms with Crippen molar-refractivity contribution in [3.8, 4) is 0 Å². The first-order valence-electron chi connectivity index (χ1n) is 17.8. The van der Waals surface area contributed by atoms with Gasteiger partial charge in [-0.05, 0) is 104 Å². The van der Waals surface area contributed by atoms with E-state index in [2.05, 4.69) is 39.9 Å². The Morgan fingerprint density at radius 1 is 1.07 bits per heavy atom. The van der Waals surface area contributed by atoms with Crippen LogP contribution in [0.2, 0.25) is 0 Å². The molecule has 0 unspecified atom stereocenters. The Morgan fingerprint density at radius 2 is 1.79 bits per heavy atom. The van der Waals surface area contributed by atoms with Crippen molar-refractivity contribution in [1.29, 1.82) is 0 Å². The number of nitrogens with one attached hydrogen (secondary N) is 1. The van der Waals surface area contributed by atoms with Crippen molar-refractivity contribution in [3.05, 3.63) is 0 Å². The highest BCUT2D eigenvalue weighted by Gasteiger charge is 2.84. The molecule has 5 saturated carbocycles. The largest absolute Gasteiger partial charge is 0.390 e. The number of ether oxygens (including phenoxy) is 3. The van der Waals surface area contributed by atoms with Crippen LogP contribution < -0.4 is 5.32 Å². The average molecular weight is 601 g/mol. The second kappa shape index (κ2) is 10.1. The number of nitrogens with zero attached hydrogens (tertiary/aromatic N) is 1. The number of amides is 1. The van der Waals surface area contributed by atoms with E-state index < -0.39 is 6.10 Å². The first-order valence-corrected chi connectivity index (χ1v) is 17.8. The molecule has 2 spiro atoms. The van der Waals surface area contributed by atoms with Crippen LogP contribution in [0.15, 0.2) is 0 Å². The molecular formula is C36H60N2O5. The van der Waals surface area contributed by atoms with Crippen molar-refractivity contribution in [1.82, 2.24) is 10.2 Å². The number of fused-ring (bicyclic) bond motifs is 4. The summed E-state index contributed by atoms with van der Waals surface area (Å²) in [4.78, 5) is 14.7. The van der Waals surface area contributed by atoms with Crippen molar-refractivity contribution in [3.63, 3.8) is 0 Å². The summed E-state index contributed by atoms with van der Waals surface area (Å²) in [6.07, 6.45) is 9.20. The normalized spacial score (nSPS) is 53.3. The van der Waals surface area contributed by atoms with Gasteiger partial charge in [0.1, 0.15) is 0 Å². The molecule has 2 heterocycles. The molecule has 2 saturated heterocycles. The van der Waals surface area contributed by atoms with E-state index in [1.54, 1.807) is 0 Å². The molecule has 7 nitrogen and oxygen atoms in total. The number of rotatable bonds is 5. The summed E-state index contributed by atoms with van der Waals surface area (Å²) in [6, 6.07) is 0. The highest BCUT2D eigenvalue weighted by Crippen LogP contribution is 2.89. The zero-order valence-electron chi connectivity index (χ0n) is 28.3. The Labute approximate surface area is 260 Å². The second-order valence-corrected chi connectivity index (χ2v) is 17.6. The monoisotopic (exact) mass is 600 g/mol. The summed E-state index contributed by atoms with van der Waals surface area (Å²) in [5.41, 5.74) is 0.753. The highest BCUT2D eigenvalue weighted by atomic mass is 16.7. The van der Waals surface area contributed by atoms with Crippen LogP contribution in [0.1, 0.15) is 99.8 Å². The maximum absolute atomic E-state index is 12.7. The van der Waals surface area contributed by atoms with Gasteiger partial charge in [0.2, 0.25) is 5.91 Å². The topological polar surface area (TPSA) is 80.3 Å². The summed E-state index contributed by atoms with van der Waals surface area (Å²) >= 11 is 0.